The highest BCUT2D eigenvalue weighted by Crippen LogP contribution is 2.23. The fourth-order valence-electron chi connectivity index (χ4n) is 2.66. The quantitative estimate of drug-likeness (QED) is 0.909. The molecule has 0 bridgehead atoms. The van der Waals surface area contributed by atoms with E-state index < -0.39 is 12.1 Å². The number of carbonyl (C=O) groups excluding carboxylic acids is 1. The number of methoxy groups -OCH3 is 1. The molecule has 7 heteroatoms. The van der Waals surface area contributed by atoms with E-state index in [9.17, 15) is 9.59 Å². The van der Waals surface area contributed by atoms with Crippen molar-refractivity contribution in [3.05, 3.63) is 48.3 Å². The normalized spacial score (nSPS) is 17.2. The molecule has 0 radical (unpaired) electrons. The highest BCUT2D eigenvalue weighted by molar-refractivity contribution is 5.95. The second-order valence-electron chi connectivity index (χ2n) is 5.64. The van der Waals surface area contributed by atoms with E-state index in [1.54, 1.807) is 19.4 Å². The highest BCUT2D eigenvalue weighted by Gasteiger charge is 2.29. The van der Waals surface area contributed by atoms with Crippen molar-refractivity contribution in [2.24, 2.45) is 0 Å². The molecule has 1 aromatic carbocycles. The summed E-state index contributed by atoms with van der Waals surface area (Å²) in [5.41, 5.74) is 2.13. The monoisotopic (exact) mass is 342 g/mol. The Bertz CT molecular complexity index is 775. The van der Waals surface area contributed by atoms with Crippen LogP contribution in [0, 0.1) is 0 Å². The van der Waals surface area contributed by atoms with E-state index >= 15 is 0 Å². The molecule has 1 fully saturated rings. The molecule has 1 saturated heterocycles. The van der Waals surface area contributed by atoms with Gasteiger partial charge in [-0.3, -0.25) is 9.78 Å². The molecule has 1 amide bonds. The maximum Gasteiger partial charge on any atom is 0.334 e. The molecule has 1 aromatic heterocycles. The number of nitrogens with zero attached hydrogens (tertiary/aromatic N) is 2. The number of morpholine rings is 1. The van der Waals surface area contributed by atoms with Crippen molar-refractivity contribution in [2.75, 3.05) is 26.8 Å². The summed E-state index contributed by atoms with van der Waals surface area (Å²) >= 11 is 0. The lowest BCUT2D eigenvalue weighted by atomic mass is 10.1. The number of ether oxygens (including phenoxy) is 2. The van der Waals surface area contributed by atoms with E-state index in [0.29, 0.717) is 12.1 Å². The molecule has 1 atom stereocenters. The van der Waals surface area contributed by atoms with Gasteiger partial charge in [0.1, 0.15) is 5.75 Å². The van der Waals surface area contributed by atoms with E-state index in [0.717, 1.165) is 16.9 Å². The van der Waals surface area contributed by atoms with Gasteiger partial charge in [-0.25, -0.2) is 4.79 Å². The van der Waals surface area contributed by atoms with Crippen LogP contribution in [0.3, 0.4) is 0 Å². The maximum absolute atomic E-state index is 12.7. The first-order valence-corrected chi connectivity index (χ1v) is 7.81. The Labute approximate surface area is 144 Å². The van der Waals surface area contributed by atoms with Crippen LogP contribution in [0.2, 0.25) is 0 Å². The van der Waals surface area contributed by atoms with Gasteiger partial charge in [0.25, 0.3) is 5.91 Å². The van der Waals surface area contributed by atoms with Crippen LogP contribution < -0.4 is 4.74 Å². The van der Waals surface area contributed by atoms with E-state index in [1.807, 2.05) is 24.3 Å². The Balaban J connectivity index is 1.80. The van der Waals surface area contributed by atoms with Gasteiger partial charge in [0.15, 0.2) is 6.10 Å². The number of benzene rings is 1. The third-order valence-corrected chi connectivity index (χ3v) is 4.04. The van der Waals surface area contributed by atoms with Gasteiger partial charge >= 0.3 is 5.97 Å². The van der Waals surface area contributed by atoms with Crippen molar-refractivity contribution < 1.29 is 24.2 Å². The second-order valence-corrected chi connectivity index (χ2v) is 5.64. The number of aliphatic carboxylic acids is 1. The molecular weight excluding hydrogens is 324 g/mol. The zero-order valence-electron chi connectivity index (χ0n) is 13.7. The smallest absolute Gasteiger partial charge is 0.334 e. The molecule has 130 valence electrons. The van der Waals surface area contributed by atoms with Crippen LogP contribution >= 0.6 is 0 Å². The van der Waals surface area contributed by atoms with Crippen molar-refractivity contribution in [3.63, 3.8) is 0 Å². The summed E-state index contributed by atoms with van der Waals surface area (Å²) in [5.74, 6) is -0.572. The third-order valence-electron chi connectivity index (χ3n) is 4.04. The van der Waals surface area contributed by atoms with Crippen molar-refractivity contribution in [2.45, 2.75) is 6.10 Å². The molecule has 1 aliphatic rings. The predicted octanol–water partition coefficient (Wildman–Crippen LogP) is 1.68. The molecule has 2 aromatic rings. The average molecular weight is 342 g/mol. The fourth-order valence-corrected chi connectivity index (χ4v) is 2.66. The fraction of sp³-hybridized carbons (Fsp3) is 0.278. The van der Waals surface area contributed by atoms with Crippen molar-refractivity contribution >= 4 is 11.9 Å². The van der Waals surface area contributed by atoms with Gasteiger partial charge in [0.2, 0.25) is 0 Å². The van der Waals surface area contributed by atoms with E-state index in [4.69, 9.17) is 14.6 Å². The highest BCUT2D eigenvalue weighted by atomic mass is 16.5. The van der Waals surface area contributed by atoms with Gasteiger partial charge in [-0.2, -0.15) is 0 Å². The number of carbonyl (C=O) groups is 2. The van der Waals surface area contributed by atoms with Crippen LogP contribution in [0.4, 0.5) is 0 Å². The Morgan fingerprint density at radius 3 is 2.68 bits per heavy atom. The lowest BCUT2D eigenvalue weighted by molar-refractivity contribution is -0.154. The first kappa shape index (κ1) is 16.9. The van der Waals surface area contributed by atoms with Gasteiger partial charge < -0.3 is 19.5 Å². The first-order valence-electron chi connectivity index (χ1n) is 7.81. The lowest BCUT2D eigenvalue weighted by Gasteiger charge is -2.30. The number of hydrogen-bond acceptors (Lipinski definition) is 5. The van der Waals surface area contributed by atoms with Crippen molar-refractivity contribution in [1.29, 1.82) is 0 Å². The summed E-state index contributed by atoms with van der Waals surface area (Å²) in [5, 5.41) is 9.06. The minimum atomic E-state index is -1.07. The van der Waals surface area contributed by atoms with Crippen LogP contribution in [0.5, 0.6) is 5.75 Å². The van der Waals surface area contributed by atoms with Gasteiger partial charge in [-0.15, -0.1) is 0 Å². The van der Waals surface area contributed by atoms with Crippen molar-refractivity contribution in [3.8, 4) is 16.9 Å². The van der Waals surface area contributed by atoms with E-state index in [2.05, 4.69) is 4.98 Å². The summed E-state index contributed by atoms with van der Waals surface area (Å²) in [4.78, 5) is 29.4. The molecule has 3 rings (SSSR count). The number of rotatable bonds is 4. The molecule has 0 aliphatic carbocycles. The zero-order chi connectivity index (χ0) is 17.8. The van der Waals surface area contributed by atoms with Crippen LogP contribution in [-0.4, -0.2) is 59.8 Å². The van der Waals surface area contributed by atoms with Gasteiger partial charge in [-0.1, -0.05) is 12.1 Å². The van der Waals surface area contributed by atoms with Crippen LogP contribution in [-0.2, 0) is 9.53 Å². The summed E-state index contributed by atoms with van der Waals surface area (Å²) in [6.07, 6.45) is 2.17. The number of aromatic nitrogens is 1. The molecule has 1 unspecified atom stereocenters. The number of hydrogen-bond donors (Lipinski definition) is 1. The molecule has 7 nitrogen and oxygen atoms in total. The minimum Gasteiger partial charge on any atom is -0.497 e. The summed E-state index contributed by atoms with van der Waals surface area (Å²) in [6, 6.07) is 9.20. The first-order chi connectivity index (χ1) is 12.1. The Hall–Kier alpha value is -2.93. The molecule has 2 heterocycles. The SMILES string of the molecule is COc1ccc(-c2cncc(C(=O)N3CCOC(C(=O)O)C3)c2)cc1. The van der Waals surface area contributed by atoms with Crippen LogP contribution in [0.15, 0.2) is 42.7 Å². The van der Waals surface area contributed by atoms with Gasteiger partial charge in [0.05, 0.1) is 25.8 Å². The summed E-state index contributed by atoms with van der Waals surface area (Å²) in [7, 11) is 1.60. The topological polar surface area (TPSA) is 89.0 Å². The molecule has 1 aliphatic heterocycles. The Kier molecular flexibility index (Phi) is 4.95. The van der Waals surface area contributed by atoms with E-state index in [-0.39, 0.29) is 19.1 Å². The Morgan fingerprint density at radius 1 is 1.24 bits per heavy atom. The molecule has 0 saturated carbocycles. The second kappa shape index (κ2) is 7.31. The largest absolute Gasteiger partial charge is 0.497 e. The van der Waals surface area contributed by atoms with Crippen LogP contribution in [0.1, 0.15) is 10.4 Å². The Morgan fingerprint density at radius 2 is 2.00 bits per heavy atom. The minimum absolute atomic E-state index is 0.0287. The summed E-state index contributed by atoms with van der Waals surface area (Å²) in [6.45, 7) is 0.588. The summed E-state index contributed by atoms with van der Waals surface area (Å²) < 4.78 is 10.3. The predicted molar refractivity (Wildman–Crippen MR) is 89.5 cm³/mol. The van der Waals surface area contributed by atoms with Crippen molar-refractivity contribution in [1.82, 2.24) is 9.88 Å². The van der Waals surface area contributed by atoms with Crippen LogP contribution in [0.25, 0.3) is 11.1 Å². The van der Waals surface area contributed by atoms with Gasteiger partial charge in [0, 0.05) is 24.5 Å². The number of pyridine rings is 1. The lowest BCUT2D eigenvalue weighted by Crippen LogP contribution is -2.48. The molecule has 25 heavy (non-hydrogen) atoms. The standard InChI is InChI=1S/C18H18N2O5/c1-24-15-4-2-12(3-5-15)13-8-14(10-19-9-13)17(21)20-6-7-25-16(11-20)18(22)23/h2-5,8-10,16H,6-7,11H2,1H3,(H,22,23). The zero-order valence-corrected chi connectivity index (χ0v) is 13.7. The van der Waals surface area contributed by atoms with Gasteiger partial charge in [-0.05, 0) is 23.8 Å². The number of carboxylic acids is 1. The molecular formula is C18H18N2O5. The maximum atomic E-state index is 12.7. The number of amides is 1. The van der Waals surface area contributed by atoms with E-state index in [1.165, 1.54) is 11.1 Å². The third kappa shape index (κ3) is 3.77. The average Bonchev–Trinajstić information content (AvgIpc) is 2.67. The molecule has 0 spiro atoms. The molecule has 1 N–H and O–H groups in total. The number of carboxylic acid groups (broad SMARTS) is 1.